The van der Waals surface area contributed by atoms with E-state index in [4.69, 9.17) is 5.73 Å². The average molecular weight is 275 g/mol. The van der Waals surface area contributed by atoms with Gasteiger partial charge in [-0.25, -0.2) is 9.97 Å². The van der Waals surface area contributed by atoms with E-state index < -0.39 is 0 Å². The number of halogens is 1. The van der Waals surface area contributed by atoms with E-state index in [1.54, 1.807) is 0 Å². The van der Waals surface area contributed by atoms with Crippen molar-refractivity contribution in [2.75, 3.05) is 24.7 Å². The number of anilines is 2. The van der Waals surface area contributed by atoms with Gasteiger partial charge in [0.15, 0.2) is 0 Å². The highest BCUT2D eigenvalue weighted by atomic mass is 35.5. The first-order valence-electron chi connectivity index (χ1n) is 5.78. The van der Waals surface area contributed by atoms with Gasteiger partial charge in [0.05, 0.1) is 22.1 Å². The minimum atomic E-state index is 0. The van der Waals surface area contributed by atoms with E-state index in [0.29, 0.717) is 5.69 Å². The number of rotatable bonds is 1. The number of nitrogens with two attached hydrogens (primary N) is 1. The molecule has 0 unspecified atom stereocenters. The molecule has 1 aromatic heterocycles. The molecule has 1 heterocycles. The van der Waals surface area contributed by atoms with Crippen molar-refractivity contribution < 1.29 is 0 Å². The van der Waals surface area contributed by atoms with Gasteiger partial charge in [-0.1, -0.05) is 0 Å². The van der Waals surface area contributed by atoms with Crippen molar-refractivity contribution in [2.45, 2.75) is 0 Å². The van der Waals surface area contributed by atoms with Crippen molar-refractivity contribution >= 4 is 45.8 Å². The second-order valence-electron chi connectivity index (χ2n) is 4.54. The molecule has 3 rings (SSSR count). The molecule has 0 aliphatic heterocycles. The van der Waals surface area contributed by atoms with Gasteiger partial charge in [-0.05, 0) is 36.4 Å². The van der Waals surface area contributed by atoms with Gasteiger partial charge in [0.2, 0.25) is 0 Å². The van der Waals surface area contributed by atoms with Crippen molar-refractivity contribution in [3.63, 3.8) is 0 Å². The molecule has 3 aromatic rings. The van der Waals surface area contributed by atoms with Crippen LogP contribution in [0.5, 0.6) is 0 Å². The van der Waals surface area contributed by atoms with Crippen LogP contribution in [0.25, 0.3) is 22.1 Å². The summed E-state index contributed by atoms with van der Waals surface area (Å²) >= 11 is 0. The van der Waals surface area contributed by atoms with E-state index in [9.17, 15) is 0 Å². The summed E-state index contributed by atoms with van der Waals surface area (Å²) in [6, 6.07) is 11.7. The Balaban J connectivity index is 0.00000133. The highest BCUT2D eigenvalue weighted by Gasteiger charge is 2.04. The van der Waals surface area contributed by atoms with Crippen LogP contribution in [0.4, 0.5) is 11.4 Å². The van der Waals surface area contributed by atoms with Gasteiger partial charge in [-0.15, -0.1) is 12.4 Å². The molecule has 5 heteroatoms. The van der Waals surface area contributed by atoms with Crippen LogP contribution in [0.3, 0.4) is 0 Å². The number of aromatic nitrogens is 2. The lowest BCUT2D eigenvalue weighted by molar-refractivity contribution is 1.13. The topological polar surface area (TPSA) is 55.0 Å². The Morgan fingerprint density at radius 3 is 2.11 bits per heavy atom. The smallest absolute Gasteiger partial charge is 0.0915 e. The summed E-state index contributed by atoms with van der Waals surface area (Å²) in [4.78, 5) is 11.2. The zero-order valence-electron chi connectivity index (χ0n) is 10.8. The lowest BCUT2D eigenvalue weighted by atomic mass is 10.2. The molecular formula is C14H15ClN4. The van der Waals surface area contributed by atoms with E-state index in [1.807, 2.05) is 55.4 Å². The Morgan fingerprint density at radius 2 is 1.42 bits per heavy atom. The van der Waals surface area contributed by atoms with Crippen LogP contribution >= 0.6 is 12.4 Å². The minimum absolute atomic E-state index is 0. The Kier molecular flexibility index (Phi) is 3.44. The summed E-state index contributed by atoms with van der Waals surface area (Å²) in [6.45, 7) is 0. The third-order valence-electron chi connectivity index (χ3n) is 2.96. The number of fused-ring (bicyclic) bond motifs is 2. The molecule has 0 aliphatic rings. The fraction of sp³-hybridized carbons (Fsp3) is 0.143. The Morgan fingerprint density at radius 1 is 0.842 bits per heavy atom. The van der Waals surface area contributed by atoms with Gasteiger partial charge in [-0.2, -0.15) is 0 Å². The molecule has 98 valence electrons. The van der Waals surface area contributed by atoms with Gasteiger partial charge in [0, 0.05) is 25.5 Å². The molecule has 2 aromatic carbocycles. The lowest BCUT2D eigenvalue weighted by Gasteiger charge is -2.12. The van der Waals surface area contributed by atoms with Gasteiger partial charge in [0.25, 0.3) is 0 Å². The molecule has 0 saturated heterocycles. The maximum Gasteiger partial charge on any atom is 0.0915 e. The predicted octanol–water partition coefficient (Wildman–Crippen LogP) is 2.85. The second kappa shape index (κ2) is 4.90. The van der Waals surface area contributed by atoms with E-state index in [1.165, 1.54) is 0 Å². The zero-order valence-corrected chi connectivity index (χ0v) is 11.6. The van der Waals surface area contributed by atoms with Gasteiger partial charge >= 0.3 is 0 Å². The monoisotopic (exact) mass is 274 g/mol. The fourth-order valence-corrected chi connectivity index (χ4v) is 1.96. The molecule has 0 fully saturated rings. The van der Waals surface area contributed by atoms with E-state index in [-0.39, 0.29) is 12.4 Å². The molecule has 0 atom stereocenters. The first-order chi connectivity index (χ1) is 8.63. The third kappa shape index (κ3) is 2.39. The van der Waals surface area contributed by atoms with Gasteiger partial charge < -0.3 is 10.6 Å². The largest absolute Gasteiger partial charge is 0.399 e. The molecule has 0 amide bonds. The van der Waals surface area contributed by atoms with Gasteiger partial charge in [0.1, 0.15) is 0 Å². The van der Waals surface area contributed by atoms with Crippen LogP contribution in [-0.2, 0) is 0 Å². The second-order valence-corrected chi connectivity index (χ2v) is 4.54. The SMILES string of the molecule is CN(C)c1ccc2nc3ccc(N)cc3nc2c1.Cl. The third-order valence-corrected chi connectivity index (χ3v) is 2.96. The molecule has 2 N–H and O–H groups in total. The number of nitrogens with zero attached hydrogens (tertiary/aromatic N) is 3. The summed E-state index contributed by atoms with van der Waals surface area (Å²) in [6.07, 6.45) is 0. The predicted molar refractivity (Wildman–Crippen MR) is 83.0 cm³/mol. The lowest BCUT2D eigenvalue weighted by Crippen LogP contribution is -2.08. The van der Waals surface area contributed by atoms with Crippen LogP contribution in [0.15, 0.2) is 36.4 Å². The molecule has 0 saturated carbocycles. The van der Waals surface area contributed by atoms with Crippen molar-refractivity contribution in [3.8, 4) is 0 Å². The van der Waals surface area contributed by atoms with Crippen molar-refractivity contribution in [2.24, 2.45) is 0 Å². The average Bonchev–Trinajstić information content (AvgIpc) is 2.35. The van der Waals surface area contributed by atoms with Crippen molar-refractivity contribution in [1.29, 1.82) is 0 Å². The van der Waals surface area contributed by atoms with Crippen LogP contribution in [0.2, 0.25) is 0 Å². The number of nitrogen functional groups attached to an aromatic ring is 1. The normalized spacial score (nSPS) is 10.4. The quantitative estimate of drug-likeness (QED) is 0.548. The van der Waals surface area contributed by atoms with Crippen LogP contribution in [-0.4, -0.2) is 24.1 Å². The Labute approximate surface area is 117 Å². The summed E-state index contributed by atoms with van der Waals surface area (Å²) < 4.78 is 0. The first kappa shape index (κ1) is 13.4. The fourth-order valence-electron chi connectivity index (χ4n) is 1.96. The molecule has 4 nitrogen and oxygen atoms in total. The van der Waals surface area contributed by atoms with Crippen LogP contribution in [0.1, 0.15) is 0 Å². The van der Waals surface area contributed by atoms with E-state index in [0.717, 1.165) is 27.8 Å². The molecule has 0 bridgehead atoms. The standard InChI is InChI=1S/C14H14N4.ClH/c1-18(2)10-4-6-12-14(8-10)17-13-7-9(15)3-5-11(13)16-12;/h3-8H,15H2,1-2H3;1H. The van der Waals surface area contributed by atoms with Crippen molar-refractivity contribution in [1.82, 2.24) is 9.97 Å². The van der Waals surface area contributed by atoms with Crippen LogP contribution < -0.4 is 10.6 Å². The van der Waals surface area contributed by atoms with Crippen LogP contribution in [0, 0.1) is 0 Å². The van der Waals surface area contributed by atoms with Gasteiger partial charge in [-0.3, -0.25) is 0 Å². The first-order valence-corrected chi connectivity index (χ1v) is 5.78. The molecule has 0 radical (unpaired) electrons. The molecular weight excluding hydrogens is 260 g/mol. The summed E-state index contributed by atoms with van der Waals surface area (Å²) in [5, 5.41) is 0. The highest BCUT2D eigenvalue weighted by molar-refractivity contribution is 5.89. The molecule has 0 aliphatic carbocycles. The molecule has 0 spiro atoms. The number of hydrogen-bond acceptors (Lipinski definition) is 4. The Bertz CT molecular complexity index is 740. The number of benzene rings is 2. The maximum atomic E-state index is 5.77. The summed E-state index contributed by atoms with van der Waals surface area (Å²) in [7, 11) is 4.02. The zero-order chi connectivity index (χ0) is 12.7. The summed E-state index contributed by atoms with van der Waals surface area (Å²) in [5.74, 6) is 0. The summed E-state index contributed by atoms with van der Waals surface area (Å²) in [5.41, 5.74) is 11.1. The Hall–Kier alpha value is -2.07. The van der Waals surface area contributed by atoms with E-state index >= 15 is 0 Å². The van der Waals surface area contributed by atoms with Crippen molar-refractivity contribution in [3.05, 3.63) is 36.4 Å². The maximum absolute atomic E-state index is 5.77. The highest BCUT2D eigenvalue weighted by Crippen LogP contribution is 2.21. The van der Waals surface area contributed by atoms with E-state index in [2.05, 4.69) is 9.97 Å². The number of hydrogen-bond donors (Lipinski definition) is 1. The minimum Gasteiger partial charge on any atom is -0.399 e. The molecule has 19 heavy (non-hydrogen) atoms.